The highest BCUT2D eigenvalue weighted by molar-refractivity contribution is 6.22. The van der Waals surface area contributed by atoms with Gasteiger partial charge in [0.15, 0.2) is 0 Å². The maximum Gasteiger partial charge on any atom is 0.260 e. The number of aromatic hydroxyl groups is 1. The number of nitrogens with zero attached hydrogens (tertiary/aromatic N) is 2. The first-order chi connectivity index (χ1) is 12.1. The molecule has 0 radical (unpaired) electrons. The summed E-state index contributed by atoms with van der Waals surface area (Å²) in [5.74, 6) is 0.672. The fourth-order valence-corrected chi connectivity index (χ4v) is 3.09. The number of pyridine rings is 1. The van der Waals surface area contributed by atoms with Gasteiger partial charge in [0.25, 0.3) is 5.56 Å². The van der Waals surface area contributed by atoms with Gasteiger partial charge >= 0.3 is 0 Å². The van der Waals surface area contributed by atoms with Gasteiger partial charge in [-0.3, -0.25) is 14.4 Å². The molecule has 2 aromatic carbocycles. The summed E-state index contributed by atoms with van der Waals surface area (Å²) in [5, 5.41) is 11.8. The van der Waals surface area contributed by atoms with Crippen LogP contribution in [-0.2, 0) is 7.05 Å². The minimum atomic E-state index is -0.225. The second kappa shape index (κ2) is 5.63. The van der Waals surface area contributed by atoms with Crippen LogP contribution in [0.3, 0.4) is 0 Å². The number of ether oxygens (including phenoxy) is 1. The lowest BCUT2D eigenvalue weighted by Crippen LogP contribution is -2.17. The first-order valence-electron chi connectivity index (χ1n) is 7.85. The molecule has 1 aromatic heterocycles. The van der Waals surface area contributed by atoms with Gasteiger partial charge < -0.3 is 9.84 Å². The van der Waals surface area contributed by atoms with Crippen molar-refractivity contribution in [2.75, 3.05) is 7.11 Å². The highest BCUT2D eigenvalue weighted by atomic mass is 16.5. The van der Waals surface area contributed by atoms with E-state index in [1.807, 2.05) is 42.5 Å². The third-order valence-corrected chi connectivity index (χ3v) is 4.47. The average molecular weight is 332 g/mol. The Morgan fingerprint density at radius 1 is 1.16 bits per heavy atom. The Bertz CT molecular complexity index is 1120. The van der Waals surface area contributed by atoms with Crippen LogP contribution in [0.15, 0.2) is 52.3 Å². The Morgan fingerprint density at radius 3 is 2.68 bits per heavy atom. The molecule has 0 saturated carbocycles. The van der Waals surface area contributed by atoms with Crippen molar-refractivity contribution in [2.24, 2.45) is 12.0 Å². The number of methoxy groups -OCH3 is 1. The molecule has 3 aromatic rings. The van der Waals surface area contributed by atoms with E-state index in [2.05, 4.69) is 4.99 Å². The van der Waals surface area contributed by atoms with Gasteiger partial charge in [0.2, 0.25) is 5.88 Å². The average Bonchev–Trinajstić information content (AvgIpc) is 3.05. The monoisotopic (exact) mass is 332 g/mol. The standard InChI is InChI=1S/C20H16N2O3/c1-22-19(23)15-6-4-3-5-14(15)17(20(22)24)9-12-11-21-18-8-7-13(25-2)10-16(12)18/h3-11,24H,1-2H3. The summed E-state index contributed by atoms with van der Waals surface area (Å²) in [6.07, 6.45) is 3.61. The SMILES string of the molecule is COc1ccc2c(c1)C(=Cc1c(O)n(C)c(=O)c3ccccc13)C=N2. The predicted molar refractivity (Wildman–Crippen MR) is 99.9 cm³/mol. The molecule has 0 unspecified atom stereocenters. The second-order valence-electron chi connectivity index (χ2n) is 5.89. The van der Waals surface area contributed by atoms with Gasteiger partial charge in [-0.05, 0) is 35.7 Å². The van der Waals surface area contributed by atoms with Crippen molar-refractivity contribution in [3.8, 4) is 11.6 Å². The molecule has 4 rings (SSSR count). The molecule has 5 nitrogen and oxygen atoms in total. The van der Waals surface area contributed by atoms with E-state index in [0.717, 1.165) is 22.6 Å². The van der Waals surface area contributed by atoms with Crippen LogP contribution in [0.2, 0.25) is 0 Å². The van der Waals surface area contributed by atoms with E-state index in [1.54, 1.807) is 26.4 Å². The van der Waals surface area contributed by atoms with E-state index in [9.17, 15) is 9.90 Å². The predicted octanol–water partition coefficient (Wildman–Crippen LogP) is 3.51. The maximum atomic E-state index is 12.4. The van der Waals surface area contributed by atoms with Crippen molar-refractivity contribution in [1.82, 2.24) is 4.57 Å². The van der Waals surface area contributed by atoms with Gasteiger partial charge in [-0.1, -0.05) is 18.2 Å². The summed E-state index contributed by atoms with van der Waals surface area (Å²) in [6, 6.07) is 12.9. The third kappa shape index (κ3) is 2.32. The number of benzene rings is 2. The second-order valence-corrected chi connectivity index (χ2v) is 5.89. The molecule has 0 amide bonds. The minimum absolute atomic E-state index is 0.0686. The van der Waals surface area contributed by atoms with Gasteiger partial charge in [0, 0.05) is 35.3 Å². The lowest BCUT2D eigenvalue weighted by Gasteiger charge is -2.11. The van der Waals surface area contributed by atoms with Gasteiger partial charge in [0.05, 0.1) is 12.8 Å². The summed E-state index contributed by atoms with van der Waals surface area (Å²) >= 11 is 0. The van der Waals surface area contributed by atoms with Crippen LogP contribution < -0.4 is 10.3 Å². The van der Waals surface area contributed by atoms with E-state index in [0.29, 0.717) is 16.3 Å². The first-order valence-corrected chi connectivity index (χ1v) is 7.85. The van der Waals surface area contributed by atoms with Crippen LogP contribution in [-0.4, -0.2) is 23.0 Å². The molecule has 124 valence electrons. The normalized spacial score (nSPS) is 14.2. The van der Waals surface area contributed by atoms with Crippen molar-refractivity contribution in [2.45, 2.75) is 0 Å². The Labute approximate surface area is 144 Å². The molecule has 0 saturated heterocycles. The Hall–Kier alpha value is -3.34. The summed E-state index contributed by atoms with van der Waals surface area (Å²) < 4.78 is 6.55. The Kier molecular flexibility index (Phi) is 3.42. The van der Waals surface area contributed by atoms with Crippen molar-refractivity contribution < 1.29 is 9.84 Å². The van der Waals surface area contributed by atoms with Crippen molar-refractivity contribution in [3.63, 3.8) is 0 Å². The fraction of sp³-hybridized carbons (Fsp3) is 0.100. The molecule has 0 bridgehead atoms. The lowest BCUT2D eigenvalue weighted by molar-refractivity contribution is 0.415. The first kappa shape index (κ1) is 15.2. The third-order valence-electron chi connectivity index (χ3n) is 4.47. The van der Waals surface area contributed by atoms with Crippen LogP contribution in [0, 0.1) is 0 Å². The molecule has 0 atom stereocenters. The minimum Gasteiger partial charge on any atom is -0.497 e. The molecule has 1 aliphatic rings. The Balaban J connectivity index is 1.99. The molecule has 25 heavy (non-hydrogen) atoms. The molecular formula is C20H16N2O3. The zero-order valence-corrected chi connectivity index (χ0v) is 13.9. The summed E-state index contributed by atoms with van der Waals surface area (Å²) in [4.78, 5) is 16.8. The largest absolute Gasteiger partial charge is 0.497 e. The molecule has 0 fully saturated rings. The van der Waals surface area contributed by atoms with Crippen LogP contribution in [0.25, 0.3) is 22.4 Å². The smallest absolute Gasteiger partial charge is 0.260 e. The van der Waals surface area contributed by atoms with E-state index in [-0.39, 0.29) is 11.4 Å². The van der Waals surface area contributed by atoms with Crippen LogP contribution in [0.1, 0.15) is 11.1 Å². The van der Waals surface area contributed by atoms with Gasteiger partial charge in [-0.25, -0.2) is 0 Å². The summed E-state index contributed by atoms with van der Waals surface area (Å²) in [6.45, 7) is 0. The number of aromatic nitrogens is 1. The highest BCUT2D eigenvalue weighted by Gasteiger charge is 2.17. The van der Waals surface area contributed by atoms with Gasteiger partial charge in [-0.15, -0.1) is 0 Å². The summed E-state index contributed by atoms with van der Waals surface area (Å²) in [5.41, 5.74) is 3.00. The molecule has 0 spiro atoms. The maximum absolute atomic E-state index is 12.4. The van der Waals surface area contributed by atoms with E-state index in [4.69, 9.17) is 4.74 Å². The van der Waals surface area contributed by atoms with E-state index < -0.39 is 0 Å². The molecule has 1 N–H and O–H groups in total. The van der Waals surface area contributed by atoms with Crippen LogP contribution >= 0.6 is 0 Å². The number of rotatable bonds is 2. The van der Waals surface area contributed by atoms with Gasteiger partial charge in [-0.2, -0.15) is 0 Å². The number of aliphatic imine (C=N–C) groups is 1. The van der Waals surface area contributed by atoms with Crippen LogP contribution in [0.5, 0.6) is 11.6 Å². The number of fused-ring (bicyclic) bond motifs is 2. The van der Waals surface area contributed by atoms with Gasteiger partial charge in [0.1, 0.15) is 5.75 Å². The van der Waals surface area contributed by atoms with Crippen molar-refractivity contribution in [3.05, 3.63) is 63.9 Å². The van der Waals surface area contributed by atoms with E-state index >= 15 is 0 Å². The van der Waals surface area contributed by atoms with Crippen LogP contribution in [0.4, 0.5) is 5.69 Å². The molecule has 2 heterocycles. The zero-order chi connectivity index (χ0) is 17.6. The topological polar surface area (TPSA) is 63.8 Å². The number of hydrogen-bond donors (Lipinski definition) is 1. The molecule has 5 heteroatoms. The van der Waals surface area contributed by atoms with Crippen molar-refractivity contribution in [1.29, 1.82) is 0 Å². The lowest BCUT2D eigenvalue weighted by atomic mass is 10.0. The number of allylic oxidation sites excluding steroid dienone is 1. The quantitative estimate of drug-likeness (QED) is 0.781. The van der Waals surface area contributed by atoms with Crippen molar-refractivity contribution >= 4 is 34.3 Å². The molecular weight excluding hydrogens is 316 g/mol. The van der Waals surface area contributed by atoms with E-state index in [1.165, 1.54) is 4.57 Å². The molecule has 1 aliphatic heterocycles. The molecule has 0 aliphatic carbocycles. The number of hydrogen-bond acceptors (Lipinski definition) is 4. The summed E-state index contributed by atoms with van der Waals surface area (Å²) in [7, 11) is 3.18. The fourth-order valence-electron chi connectivity index (χ4n) is 3.09. The Morgan fingerprint density at radius 2 is 1.92 bits per heavy atom. The highest BCUT2D eigenvalue weighted by Crippen LogP contribution is 2.37. The zero-order valence-electron chi connectivity index (χ0n) is 13.9.